The summed E-state index contributed by atoms with van der Waals surface area (Å²) in [6.45, 7) is 2.16. The van der Waals surface area contributed by atoms with Crippen molar-refractivity contribution >= 4 is 34.4 Å². The van der Waals surface area contributed by atoms with Gasteiger partial charge in [0.2, 0.25) is 0 Å². The van der Waals surface area contributed by atoms with E-state index in [2.05, 4.69) is 6.07 Å². The molecule has 0 aliphatic rings. The van der Waals surface area contributed by atoms with E-state index in [0.29, 0.717) is 17.7 Å². The Morgan fingerprint density at radius 1 is 1.40 bits per heavy atom. The highest BCUT2D eigenvalue weighted by Gasteiger charge is 2.11. The summed E-state index contributed by atoms with van der Waals surface area (Å²) in [7, 11) is 1.90. The topological polar surface area (TPSA) is 44.1 Å². The fraction of sp³-hybridized carbons (Fsp3) is 0.200. The standard InChI is InChI=1S/C15H13ClN2OS/c1-10(19)11-3-4-12(8-17)14(7-11)18(2)9-13-5-6-15(16)20-13/h3-7H,9H2,1-2H3. The average Bonchev–Trinajstić information content (AvgIpc) is 2.83. The summed E-state index contributed by atoms with van der Waals surface area (Å²) >= 11 is 7.43. The predicted octanol–water partition coefficient (Wildman–Crippen LogP) is 4.11. The van der Waals surface area contributed by atoms with Crippen LogP contribution in [0, 0.1) is 11.3 Å². The number of halogens is 1. The van der Waals surface area contributed by atoms with Crippen molar-refractivity contribution in [1.82, 2.24) is 0 Å². The van der Waals surface area contributed by atoms with Crippen molar-refractivity contribution in [2.24, 2.45) is 0 Å². The van der Waals surface area contributed by atoms with Crippen LogP contribution in [0.2, 0.25) is 4.34 Å². The van der Waals surface area contributed by atoms with Gasteiger partial charge in [-0.05, 0) is 37.3 Å². The normalized spacial score (nSPS) is 10.1. The number of nitrogens with zero attached hydrogens (tertiary/aromatic N) is 2. The molecule has 0 radical (unpaired) electrons. The van der Waals surface area contributed by atoms with Crippen molar-refractivity contribution < 1.29 is 4.79 Å². The van der Waals surface area contributed by atoms with Crippen LogP contribution in [0.4, 0.5) is 5.69 Å². The van der Waals surface area contributed by atoms with E-state index >= 15 is 0 Å². The summed E-state index contributed by atoms with van der Waals surface area (Å²) in [5, 5.41) is 9.19. The Kier molecular flexibility index (Phi) is 4.43. The van der Waals surface area contributed by atoms with Crippen LogP contribution < -0.4 is 4.90 Å². The summed E-state index contributed by atoms with van der Waals surface area (Å²) in [5.74, 6) is -0.0108. The second-order valence-corrected chi connectivity index (χ2v) is 6.26. The third-order valence-electron chi connectivity index (χ3n) is 2.96. The monoisotopic (exact) mass is 304 g/mol. The SMILES string of the molecule is CC(=O)c1ccc(C#N)c(N(C)Cc2ccc(Cl)s2)c1. The number of hydrogen-bond donors (Lipinski definition) is 0. The zero-order valence-corrected chi connectivity index (χ0v) is 12.8. The van der Waals surface area contributed by atoms with Crippen LogP contribution in [0.5, 0.6) is 0 Å². The Morgan fingerprint density at radius 3 is 2.70 bits per heavy atom. The maximum Gasteiger partial charge on any atom is 0.159 e. The van der Waals surface area contributed by atoms with Gasteiger partial charge in [-0.3, -0.25) is 4.79 Å². The van der Waals surface area contributed by atoms with E-state index in [4.69, 9.17) is 11.6 Å². The van der Waals surface area contributed by atoms with E-state index in [1.165, 1.54) is 18.3 Å². The molecule has 2 rings (SSSR count). The molecule has 0 N–H and O–H groups in total. The molecule has 0 saturated carbocycles. The number of Topliss-reactive ketones (excluding diaryl/α,β-unsaturated/α-hetero) is 1. The quantitative estimate of drug-likeness (QED) is 0.798. The molecule has 102 valence electrons. The number of ketones is 1. The highest BCUT2D eigenvalue weighted by atomic mass is 35.5. The Bertz CT molecular complexity index is 687. The fourth-order valence-electron chi connectivity index (χ4n) is 1.92. The average molecular weight is 305 g/mol. The van der Waals surface area contributed by atoms with E-state index in [1.54, 1.807) is 18.2 Å². The number of hydrogen-bond acceptors (Lipinski definition) is 4. The molecular formula is C15H13ClN2OS. The Hall–Kier alpha value is -1.83. The summed E-state index contributed by atoms with van der Waals surface area (Å²) < 4.78 is 0.742. The number of thiophene rings is 1. The second-order valence-electron chi connectivity index (χ2n) is 4.46. The summed E-state index contributed by atoms with van der Waals surface area (Å²) in [5.41, 5.74) is 1.92. The number of carbonyl (C=O) groups excluding carboxylic acids is 1. The van der Waals surface area contributed by atoms with Gasteiger partial charge in [-0.2, -0.15) is 5.26 Å². The summed E-state index contributed by atoms with van der Waals surface area (Å²) in [6.07, 6.45) is 0. The molecule has 1 aromatic heterocycles. The lowest BCUT2D eigenvalue weighted by molar-refractivity contribution is 0.101. The first-order chi connectivity index (χ1) is 9.51. The van der Waals surface area contributed by atoms with Crippen molar-refractivity contribution in [3.63, 3.8) is 0 Å². The van der Waals surface area contributed by atoms with Gasteiger partial charge in [0.05, 0.1) is 22.1 Å². The van der Waals surface area contributed by atoms with Crippen molar-refractivity contribution in [2.45, 2.75) is 13.5 Å². The largest absolute Gasteiger partial charge is 0.368 e. The van der Waals surface area contributed by atoms with E-state index in [1.807, 2.05) is 24.1 Å². The van der Waals surface area contributed by atoms with Gasteiger partial charge in [-0.25, -0.2) is 0 Å². The van der Waals surface area contributed by atoms with E-state index in [-0.39, 0.29) is 5.78 Å². The van der Waals surface area contributed by atoms with Crippen LogP contribution >= 0.6 is 22.9 Å². The minimum Gasteiger partial charge on any atom is -0.368 e. The Labute approximate surface area is 127 Å². The smallest absolute Gasteiger partial charge is 0.159 e. The van der Waals surface area contributed by atoms with Gasteiger partial charge < -0.3 is 4.90 Å². The molecule has 0 bridgehead atoms. The lowest BCUT2D eigenvalue weighted by atomic mass is 10.1. The first-order valence-electron chi connectivity index (χ1n) is 6.01. The maximum atomic E-state index is 11.5. The summed E-state index contributed by atoms with van der Waals surface area (Å²) in [6, 6.07) is 11.1. The zero-order valence-electron chi connectivity index (χ0n) is 11.2. The van der Waals surface area contributed by atoms with Crippen LogP contribution in [0.25, 0.3) is 0 Å². The third kappa shape index (κ3) is 3.19. The molecule has 0 amide bonds. The molecule has 1 heterocycles. The van der Waals surface area contributed by atoms with Crippen LogP contribution in [0.3, 0.4) is 0 Å². The van der Waals surface area contributed by atoms with Crippen LogP contribution in [0.1, 0.15) is 27.7 Å². The summed E-state index contributed by atoms with van der Waals surface area (Å²) in [4.78, 5) is 14.5. The molecular weight excluding hydrogens is 292 g/mol. The maximum absolute atomic E-state index is 11.5. The van der Waals surface area contributed by atoms with Gasteiger partial charge in [0.1, 0.15) is 6.07 Å². The molecule has 20 heavy (non-hydrogen) atoms. The lowest BCUT2D eigenvalue weighted by Crippen LogP contribution is -2.17. The molecule has 5 heteroatoms. The van der Waals surface area contributed by atoms with Gasteiger partial charge in [-0.1, -0.05) is 11.6 Å². The van der Waals surface area contributed by atoms with Crippen molar-refractivity contribution in [3.8, 4) is 6.07 Å². The molecule has 0 saturated heterocycles. The predicted molar refractivity (Wildman–Crippen MR) is 82.6 cm³/mol. The Morgan fingerprint density at radius 2 is 2.15 bits per heavy atom. The van der Waals surface area contributed by atoms with Crippen LogP contribution in [0.15, 0.2) is 30.3 Å². The molecule has 3 nitrogen and oxygen atoms in total. The fourth-order valence-corrected chi connectivity index (χ4v) is 3.06. The zero-order chi connectivity index (χ0) is 14.7. The minimum absolute atomic E-state index is 0.0108. The second kappa shape index (κ2) is 6.08. The van der Waals surface area contributed by atoms with Gasteiger partial charge >= 0.3 is 0 Å². The number of benzene rings is 1. The van der Waals surface area contributed by atoms with E-state index in [0.717, 1.165) is 14.9 Å². The van der Waals surface area contributed by atoms with Crippen LogP contribution in [-0.2, 0) is 6.54 Å². The third-order valence-corrected chi connectivity index (χ3v) is 4.17. The van der Waals surface area contributed by atoms with Gasteiger partial charge in [-0.15, -0.1) is 11.3 Å². The molecule has 0 fully saturated rings. The van der Waals surface area contributed by atoms with Crippen molar-refractivity contribution in [1.29, 1.82) is 5.26 Å². The molecule has 0 atom stereocenters. The molecule has 0 aliphatic heterocycles. The van der Waals surface area contributed by atoms with Crippen LogP contribution in [-0.4, -0.2) is 12.8 Å². The highest BCUT2D eigenvalue weighted by Crippen LogP contribution is 2.26. The van der Waals surface area contributed by atoms with Crippen molar-refractivity contribution in [3.05, 3.63) is 50.7 Å². The molecule has 0 spiro atoms. The molecule has 0 aliphatic carbocycles. The molecule has 1 aromatic carbocycles. The molecule has 2 aromatic rings. The highest BCUT2D eigenvalue weighted by molar-refractivity contribution is 7.16. The van der Waals surface area contributed by atoms with Gasteiger partial charge in [0, 0.05) is 17.5 Å². The number of rotatable bonds is 4. The Balaban J connectivity index is 2.32. The molecule has 0 unspecified atom stereocenters. The van der Waals surface area contributed by atoms with Crippen molar-refractivity contribution in [2.75, 3.05) is 11.9 Å². The lowest BCUT2D eigenvalue weighted by Gasteiger charge is -2.20. The number of anilines is 1. The van der Waals surface area contributed by atoms with Gasteiger partial charge in [0.15, 0.2) is 5.78 Å². The van der Waals surface area contributed by atoms with E-state index < -0.39 is 0 Å². The van der Waals surface area contributed by atoms with Gasteiger partial charge in [0.25, 0.3) is 0 Å². The first kappa shape index (κ1) is 14.6. The number of carbonyl (C=O) groups is 1. The minimum atomic E-state index is -0.0108. The number of nitriles is 1. The first-order valence-corrected chi connectivity index (χ1v) is 7.21. The van der Waals surface area contributed by atoms with E-state index in [9.17, 15) is 10.1 Å².